The van der Waals surface area contributed by atoms with Crippen molar-refractivity contribution in [2.75, 3.05) is 17.7 Å². The molecule has 162 valence electrons. The third-order valence-corrected chi connectivity index (χ3v) is 6.44. The lowest BCUT2D eigenvalue weighted by Crippen LogP contribution is -2.15. The Labute approximate surface area is 190 Å². The van der Waals surface area contributed by atoms with Crippen molar-refractivity contribution in [1.29, 1.82) is 0 Å². The number of non-ortho nitro benzene ring substituents is 1. The Morgan fingerprint density at radius 1 is 1.06 bits per heavy atom. The number of hydrogen-bond donors (Lipinski definition) is 0. The average Bonchev–Trinajstić information content (AvgIpc) is 2.91. The SMILES string of the molecule is CCSc1ccc2c(c1C)C(C(=O)Oc1ccc([N+](=O)[O-])cc1)=Cc1ccccc1N2C. The highest BCUT2D eigenvalue weighted by molar-refractivity contribution is 7.99. The van der Waals surface area contributed by atoms with Gasteiger partial charge in [0.05, 0.1) is 10.5 Å². The highest BCUT2D eigenvalue weighted by Gasteiger charge is 2.27. The first kappa shape index (κ1) is 21.6. The molecule has 0 aliphatic carbocycles. The van der Waals surface area contributed by atoms with Crippen LogP contribution in [0.1, 0.15) is 23.6 Å². The van der Waals surface area contributed by atoms with Gasteiger partial charge < -0.3 is 9.64 Å². The fourth-order valence-electron chi connectivity index (χ4n) is 3.84. The summed E-state index contributed by atoms with van der Waals surface area (Å²) in [6.07, 6.45) is 1.86. The highest BCUT2D eigenvalue weighted by Crippen LogP contribution is 2.43. The second-order valence-corrected chi connectivity index (χ2v) is 8.64. The van der Waals surface area contributed by atoms with Gasteiger partial charge in [0.2, 0.25) is 0 Å². The van der Waals surface area contributed by atoms with Crippen LogP contribution < -0.4 is 9.64 Å². The van der Waals surface area contributed by atoms with Crippen molar-refractivity contribution >= 4 is 46.4 Å². The molecule has 0 aromatic heterocycles. The van der Waals surface area contributed by atoms with Crippen LogP contribution >= 0.6 is 11.8 Å². The van der Waals surface area contributed by atoms with E-state index in [1.54, 1.807) is 11.8 Å². The summed E-state index contributed by atoms with van der Waals surface area (Å²) in [5.74, 6) is 0.666. The first-order valence-electron chi connectivity index (χ1n) is 10.2. The molecular formula is C25H22N2O4S. The molecule has 0 spiro atoms. The van der Waals surface area contributed by atoms with Crippen molar-refractivity contribution in [3.05, 3.63) is 87.5 Å². The van der Waals surface area contributed by atoms with Crippen LogP contribution in [0.15, 0.2) is 65.6 Å². The minimum atomic E-state index is -0.507. The van der Waals surface area contributed by atoms with Gasteiger partial charge in [-0.3, -0.25) is 10.1 Å². The monoisotopic (exact) mass is 446 g/mol. The number of fused-ring (bicyclic) bond motifs is 2. The summed E-state index contributed by atoms with van der Waals surface area (Å²) in [4.78, 5) is 27.0. The predicted molar refractivity (Wildman–Crippen MR) is 129 cm³/mol. The lowest BCUT2D eigenvalue weighted by atomic mass is 9.97. The Hall–Kier alpha value is -3.58. The van der Waals surface area contributed by atoms with E-state index in [1.807, 2.05) is 50.4 Å². The van der Waals surface area contributed by atoms with E-state index in [-0.39, 0.29) is 11.4 Å². The Morgan fingerprint density at radius 2 is 1.78 bits per heavy atom. The number of nitro groups is 1. The summed E-state index contributed by atoms with van der Waals surface area (Å²) < 4.78 is 5.65. The van der Waals surface area contributed by atoms with Crippen LogP contribution in [0.3, 0.4) is 0 Å². The molecule has 1 aliphatic rings. The van der Waals surface area contributed by atoms with Gasteiger partial charge in [-0.15, -0.1) is 11.8 Å². The molecule has 1 heterocycles. The van der Waals surface area contributed by atoms with Crippen LogP contribution in [0.5, 0.6) is 5.75 Å². The zero-order valence-electron chi connectivity index (χ0n) is 18.0. The van der Waals surface area contributed by atoms with Crippen molar-refractivity contribution in [3.8, 4) is 5.75 Å². The molecule has 1 aliphatic heterocycles. The van der Waals surface area contributed by atoms with Crippen LogP contribution in [0, 0.1) is 17.0 Å². The van der Waals surface area contributed by atoms with Crippen molar-refractivity contribution in [1.82, 2.24) is 0 Å². The maximum absolute atomic E-state index is 13.4. The fraction of sp³-hybridized carbons (Fsp3) is 0.160. The lowest BCUT2D eigenvalue weighted by molar-refractivity contribution is -0.384. The van der Waals surface area contributed by atoms with Gasteiger partial charge in [0, 0.05) is 41.0 Å². The van der Waals surface area contributed by atoms with E-state index in [0.717, 1.165) is 38.7 Å². The zero-order chi connectivity index (χ0) is 22.8. The topological polar surface area (TPSA) is 72.7 Å². The summed E-state index contributed by atoms with van der Waals surface area (Å²) in [5, 5.41) is 10.9. The molecule has 0 amide bonds. The number of carbonyl (C=O) groups is 1. The maximum atomic E-state index is 13.4. The molecule has 7 heteroatoms. The minimum absolute atomic E-state index is 0.0588. The number of esters is 1. The molecule has 0 unspecified atom stereocenters. The quantitative estimate of drug-likeness (QED) is 0.152. The molecule has 0 N–H and O–H groups in total. The molecule has 3 aromatic rings. The molecule has 6 nitrogen and oxygen atoms in total. The standard InChI is InChI=1S/C25H22N2O4S/c1-4-32-23-14-13-22-24(16(23)2)20(15-17-7-5-6-8-21(17)26(22)3)25(28)31-19-11-9-18(10-12-19)27(29)30/h5-15H,4H2,1-3H3. The fourth-order valence-corrected chi connectivity index (χ4v) is 4.63. The van der Waals surface area contributed by atoms with Gasteiger partial charge in [0.1, 0.15) is 5.75 Å². The predicted octanol–water partition coefficient (Wildman–Crippen LogP) is 6.24. The number of benzene rings is 3. The summed E-state index contributed by atoms with van der Waals surface area (Å²) in [6.45, 7) is 4.12. The highest BCUT2D eigenvalue weighted by atomic mass is 32.2. The molecule has 0 radical (unpaired) electrons. The van der Waals surface area contributed by atoms with Gasteiger partial charge in [-0.1, -0.05) is 25.1 Å². The Bertz CT molecular complexity index is 1240. The number of nitro benzene ring substituents is 1. The molecule has 0 fully saturated rings. The van der Waals surface area contributed by atoms with E-state index in [1.165, 1.54) is 24.3 Å². The average molecular weight is 447 g/mol. The van der Waals surface area contributed by atoms with Crippen LogP contribution in [-0.4, -0.2) is 23.7 Å². The number of ether oxygens (including phenoxy) is 1. The number of para-hydroxylation sites is 1. The third kappa shape index (κ3) is 3.99. The van der Waals surface area contributed by atoms with Gasteiger partial charge in [-0.25, -0.2) is 4.79 Å². The normalized spacial score (nSPS) is 12.3. The molecular weight excluding hydrogens is 424 g/mol. The zero-order valence-corrected chi connectivity index (χ0v) is 18.8. The molecule has 0 saturated carbocycles. The smallest absolute Gasteiger partial charge is 0.344 e. The van der Waals surface area contributed by atoms with Crippen LogP contribution in [-0.2, 0) is 4.79 Å². The van der Waals surface area contributed by atoms with Crippen LogP contribution in [0.2, 0.25) is 0 Å². The summed E-state index contributed by atoms with van der Waals surface area (Å²) >= 11 is 1.73. The Morgan fingerprint density at radius 3 is 2.47 bits per heavy atom. The van der Waals surface area contributed by atoms with E-state index in [2.05, 4.69) is 17.9 Å². The van der Waals surface area contributed by atoms with Crippen LogP contribution in [0.25, 0.3) is 11.6 Å². The van der Waals surface area contributed by atoms with Crippen molar-refractivity contribution in [2.45, 2.75) is 18.7 Å². The van der Waals surface area contributed by atoms with Crippen molar-refractivity contribution in [2.24, 2.45) is 0 Å². The summed E-state index contributed by atoms with van der Waals surface area (Å²) in [7, 11) is 1.99. The van der Waals surface area contributed by atoms with Gasteiger partial charge in [-0.2, -0.15) is 0 Å². The number of hydrogen-bond acceptors (Lipinski definition) is 6. The maximum Gasteiger partial charge on any atom is 0.344 e. The number of nitrogens with zero attached hydrogens (tertiary/aromatic N) is 2. The molecule has 0 saturated heterocycles. The second kappa shape index (κ2) is 8.88. The molecule has 4 rings (SSSR count). The second-order valence-electron chi connectivity index (χ2n) is 7.33. The van der Waals surface area contributed by atoms with Crippen molar-refractivity contribution in [3.63, 3.8) is 0 Å². The van der Waals surface area contributed by atoms with E-state index < -0.39 is 10.9 Å². The molecule has 0 bridgehead atoms. The molecule has 32 heavy (non-hydrogen) atoms. The third-order valence-electron chi connectivity index (χ3n) is 5.40. The molecule has 3 aromatic carbocycles. The summed E-state index contributed by atoms with van der Waals surface area (Å²) in [6, 6.07) is 17.5. The summed E-state index contributed by atoms with van der Waals surface area (Å²) in [5.41, 5.74) is 5.05. The van der Waals surface area contributed by atoms with Gasteiger partial charge in [0.25, 0.3) is 5.69 Å². The van der Waals surface area contributed by atoms with E-state index in [4.69, 9.17) is 4.74 Å². The van der Waals surface area contributed by atoms with Crippen molar-refractivity contribution < 1.29 is 14.5 Å². The number of carbonyl (C=O) groups excluding carboxylic acids is 1. The number of anilines is 2. The van der Waals surface area contributed by atoms with E-state index in [9.17, 15) is 14.9 Å². The van der Waals surface area contributed by atoms with Crippen LogP contribution in [0.4, 0.5) is 17.1 Å². The first-order chi connectivity index (χ1) is 15.4. The first-order valence-corrected chi connectivity index (χ1v) is 11.2. The van der Waals surface area contributed by atoms with E-state index >= 15 is 0 Å². The largest absolute Gasteiger partial charge is 0.423 e. The van der Waals surface area contributed by atoms with E-state index in [0.29, 0.717) is 5.57 Å². The van der Waals surface area contributed by atoms with Gasteiger partial charge in [0.15, 0.2) is 0 Å². The number of thioether (sulfide) groups is 1. The number of rotatable bonds is 5. The Kier molecular flexibility index (Phi) is 6.01. The molecule has 0 atom stereocenters. The van der Waals surface area contributed by atoms with Gasteiger partial charge >= 0.3 is 5.97 Å². The minimum Gasteiger partial charge on any atom is -0.423 e. The lowest BCUT2D eigenvalue weighted by Gasteiger charge is -2.24. The van der Waals surface area contributed by atoms with Gasteiger partial charge in [-0.05, 0) is 60.2 Å². The Balaban J connectivity index is 1.83.